The number of aliphatic hydroxyl groups excluding tert-OH is 1. The maximum absolute atomic E-state index is 12.3. The van der Waals surface area contributed by atoms with Crippen molar-refractivity contribution in [3.8, 4) is 0 Å². The summed E-state index contributed by atoms with van der Waals surface area (Å²) in [5.41, 5.74) is 1.36. The zero-order chi connectivity index (χ0) is 15.3. The Bertz CT molecular complexity index is 438. The van der Waals surface area contributed by atoms with Crippen molar-refractivity contribution in [2.24, 2.45) is 0 Å². The predicted octanol–water partition coefficient (Wildman–Crippen LogP) is 1.61. The second kappa shape index (κ2) is 6.74. The molecule has 0 radical (unpaired) electrons. The van der Waals surface area contributed by atoms with Gasteiger partial charge in [0.1, 0.15) is 12.3 Å². The summed E-state index contributed by atoms with van der Waals surface area (Å²) in [5.74, 6) is -0.101. The Morgan fingerprint density at radius 3 is 2.50 bits per heavy atom. The molecule has 0 aliphatic rings. The van der Waals surface area contributed by atoms with E-state index in [0.717, 1.165) is 5.56 Å². The SMILES string of the molecule is Cc1noc(C)c1CCC(=O)N(CCO)CC(F)(F)F. The van der Waals surface area contributed by atoms with E-state index in [1.165, 1.54) is 0 Å². The lowest BCUT2D eigenvalue weighted by Gasteiger charge is -2.23. The molecule has 1 aromatic heterocycles. The van der Waals surface area contributed by atoms with E-state index < -0.39 is 25.2 Å². The van der Waals surface area contributed by atoms with Crippen LogP contribution < -0.4 is 0 Å². The fourth-order valence-corrected chi connectivity index (χ4v) is 1.88. The number of alkyl halides is 3. The van der Waals surface area contributed by atoms with Gasteiger partial charge >= 0.3 is 6.18 Å². The lowest BCUT2D eigenvalue weighted by atomic mass is 10.1. The van der Waals surface area contributed by atoms with Crippen LogP contribution in [0.1, 0.15) is 23.4 Å². The minimum Gasteiger partial charge on any atom is -0.395 e. The third-order valence-electron chi connectivity index (χ3n) is 2.86. The molecule has 5 nitrogen and oxygen atoms in total. The monoisotopic (exact) mass is 294 g/mol. The molecule has 0 saturated carbocycles. The van der Waals surface area contributed by atoms with E-state index in [-0.39, 0.29) is 19.4 Å². The van der Waals surface area contributed by atoms with E-state index in [9.17, 15) is 18.0 Å². The average Bonchev–Trinajstić information content (AvgIpc) is 2.64. The third-order valence-corrected chi connectivity index (χ3v) is 2.86. The Morgan fingerprint density at radius 2 is 2.05 bits per heavy atom. The highest BCUT2D eigenvalue weighted by Crippen LogP contribution is 2.18. The van der Waals surface area contributed by atoms with Crippen molar-refractivity contribution in [1.82, 2.24) is 10.1 Å². The molecule has 0 aliphatic heterocycles. The Balaban J connectivity index is 2.62. The van der Waals surface area contributed by atoms with Crippen molar-refractivity contribution in [3.63, 3.8) is 0 Å². The number of aromatic nitrogens is 1. The Hall–Kier alpha value is -1.57. The topological polar surface area (TPSA) is 66.6 Å². The van der Waals surface area contributed by atoms with Gasteiger partial charge in [0.2, 0.25) is 5.91 Å². The number of aliphatic hydroxyl groups is 1. The summed E-state index contributed by atoms with van der Waals surface area (Å²) < 4.78 is 41.9. The van der Waals surface area contributed by atoms with Crippen LogP contribution in [0.15, 0.2) is 4.52 Å². The summed E-state index contributed by atoms with van der Waals surface area (Å²) in [6, 6.07) is 0. The number of hydrogen-bond acceptors (Lipinski definition) is 4. The quantitative estimate of drug-likeness (QED) is 0.865. The average molecular weight is 294 g/mol. The summed E-state index contributed by atoms with van der Waals surface area (Å²) in [6.07, 6.45) is -4.30. The first-order valence-electron chi connectivity index (χ1n) is 6.11. The molecular formula is C12H17F3N2O3. The maximum atomic E-state index is 12.3. The molecule has 0 aromatic carbocycles. The maximum Gasteiger partial charge on any atom is 0.406 e. The van der Waals surface area contributed by atoms with Gasteiger partial charge in [-0.25, -0.2) is 0 Å². The summed E-state index contributed by atoms with van der Waals surface area (Å²) in [4.78, 5) is 12.4. The van der Waals surface area contributed by atoms with Crippen LogP contribution in [0.5, 0.6) is 0 Å². The van der Waals surface area contributed by atoms with Crippen LogP contribution in [0.25, 0.3) is 0 Å². The number of amides is 1. The van der Waals surface area contributed by atoms with Gasteiger partial charge in [0.05, 0.1) is 12.3 Å². The van der Waals surface area contributed by atoms with E-state index in [1.54, 1.807) is 13.8 Å². The molecule has 0 bridgehead atoms. The van der Waals surface area contributed by atoms with E-state index in [0.29, 0.717) is 16.4 Å². The second-order valence-corrected chi connectivity index (χ2v) is 4.46. The predicted molar refractivity (Wildman–Crippen MR) is 64.0 cm³/mol. The number of carbonyl (C=O) groups excluding carboxylic acids is 1. The minimum absolute atomic E-state index is 0.0844. The molecule has 114 valence electrons. The van der Waals surface area contributed by atoms with Gasteiger partial charge in [-0.3, -0.25) is 4.79 Å². The molecule has 1 heterocycles. The molecule has 8 heteroatoms. The van der Waals surface area contributed by atoms with Crippen LogP contribution in [-0.4, -0.2) is 46.9 Å². The largest absolute Gasteiger partial charge is 0.406 e. The lowest BCUT2D eigenvalue weighted by molar-refractivity contribution is -0.162. The Morgan fingerprint density at radius 1 is 1.40 bits per heavy atom. The number of aryl methyl sites for hydroxylation is 2. The van der Waals surface area contributed by atoms with Crippen LogP contribution in [0.2, 0.25) is 0 Å². The molecule has 1 N–H and O–H groups in total. The zero-order valence-corrected chi connectivity index (χ0v) is 11.3. The highest BCUT2D eigenvalue weighted by Gasteiger charge is 2.32. The van der Waals surface area contributed by atoms with Crippen molar-refractivity contribution < 1.29 is 27.6 Å². The van der Waals surface area contributed by atoms with E-state index in [1.807, 2.05) is 0 Å². The molecule has 0 spiro atoms. The highest BCUT2D eigenvalue weighted by atomic mass is 19.4. The van der Waals surface area contributed by atoms with Crippen LogP contribution in [0.3, 0.4) is 0 Å². The van der Waals surface area contributed by atoms with Crippen molar-refractivity contribution in [1.29, 1.82) is 0 Å². The molecule has 1 amide bonds. The Labute approximate surface area is 114 Å². The number of carbonyl (C=O) groups is 1. The van der Waals surface area contributed by atoms with E-state index in [4.69, 9.17) is 9.63 Å². The van der Waals surface area contributed by atoms with Crippen LogP contribution >= 0.6 is 0 Å². The lowest BCUT2D eigenvalue weighted by Crippen LogP contribution is -2.40. The first-order valence-corrected chi connectivity index (χ1v) is 6.11. The highest BCUT2D eigenvalue weighted by molar-refractivity contribution is 5.76. The molecule has 0 unspecified atom stereocenters. The summed E-state index contributed by atoms with van der Waals surface area (Å²) >= 11 is 0. The smallest absolute Gasteiger partial charge is 0.395 e. The van der Waals surface area contributed by atoms with Gasteiger partial charge in [-0.15, -0.1) is 0 Å². The van der Waals surface area contributed by atoms with Crippen molar-refractivity contribution in [2.45, 2.75) is 32.9 Å². The van der Waals surface area contributed by atoms with Gasteiger partial charge < -0.3 is 14.5 Å². The summed E-state index contributed by atoms with van der Waals surface area (Å²) in [6.45, 7) is 1.19. The van der Waals surface area contributed by atoms with Crippen molar-refractivity contribution >= 4 is 5.91 Å². The standard InChI is InChI=1S/C12H17F3N2O3/c1-8-10(9(2)20-16-8)3-4-11(19)17(5-6-18)7-12(13,14)15/h18H,3-7H2,1-2H3. The molecular weight excluding hydrogens is 277 g/mol. The number of nitrogens with zero attached hydrogens (tertiary/aromatic N) is 2. The molecule has 0 aliphatic carbocycles. The minimum atomic E-state index is -4.48. The van der Waals surface area contributed by atoms with Gasteiger partial charge in [-0.2, -0.15) is 13.2 Å². The van der Waals surface area contributed by atoms with Gasteiger partial charge in [-0.05, 0) is 20.3 Å². The number of halogens is 3. The van der Waals surface area contributed by atoms with Gasteiger partial charge in [0.15, 0.2) is 0 Å². The molecule has 0 fully saturated rings. The molecule has 1 aromatic rings. The third kappa shape index (κ3) is 4.84. The van der Waals surface area contributed by atoms with Gasteiger partial charge in [0, 0.05) is 18.5 Å². The first kappa shape index (κ1) is 16.5. The molecule has 1 rings (SSSR count). The normalized spacial score (nSPS) is 11.7. The van der Waals surface area contributed by atoms with Crippen LogP contribution in [-0.2, 0) is 11.2 Å². The number of rotatable bonds is 6. The fraction of sp³-hybridized carbons (Fsp3) is 0.667. The first-order chi connectivity index (χ1) is 9.24. The van der Waals surface area contributed by atoms with Crippen molar-refractivity contribution in [3.05, 3.63) is 17.0 Å². The van der Waals surface area contributed by atoms with E-state index in [2.05, 4.69) is 5.16 Å². The van der Waals surface area contributed by atoms with Crippen LogP contribution in [0, 0.1) is 13.8 Å². The van der Waals surface area contributed by atoms with E-state index >= 15 is 0 Å². The van der Waals surface area contributed by atoms with Crippen molar-refractivity contribution in [2.75, 3.05) is 19.7 Å². The summed E-state index contributed by atoms with van der Waals surface area (Å²) in [7, 11) is 0. The summed E-state index contributed by atoms with van der Waals surface area (Å²) in [5, 5.41) is 12.5. The van der Waals surface area contributed by atoms with Gasteiger partial charge in [0.25, 0.3) is 0 Å². The number of hydrogen-bond donors (Lipinski definition) is 1. The Kier molecular flexibility index (Phi) is 5.55. The van der Waals surface area contributed by atoms with Gasteiger partial charge in [-0.1, -0.05) is 5.16 Å². The molecule has 0 saturated heterocycles. The second-order valence-electron chi connectivity index (χ2n) is 4.46. The molecule has 20 heavy (non-hydrogen) atoms. The van der Waals surface area contributed by atoms with Crippen LogP contribution in [0.4, 0.5) is 13.2 Å². The zero-order valence-electron chi connectivity index (χ0n) is 11.3. The molecule has 0 atom stereocenters. The fourth-order valence-electron chi connectivity index (χ4n) is 1.88.